The second-order valence-electron chi connectivity index (χ2n) is 5.30. The van der Waals surface area contributed by atoms with Crippen LogP contribution in [0, 0.1) is 5.92 Å². The Kier molecular flexibility index (Phi) is 5.47. The molecule has 0 bridgehead atoms. The number of carbonyl (C=O) groups excluding carboxylic acids is 1. The summed E-state index contributed by atoms with van der Waals surface area (Å²) in [7, 11) is 0. The van der Waals surface area contributed by atoms with Crippen LogP contribution < -0.4 is 5.32 Å². The Morgan fingerprint density at radius 1 is 1.33 bits per heavy atom. The number of rotatable bonds is 6. The molecule has 0 saturated carbocycles. The van der Waals surface area contributed by atoms with Gasteiger partial charge in [-0.05, 0) is 5.92 Å². The van der Waals surface area contributed by atoms with Gasteiger partial charge in [0, 0.05) is 10.9 Å². The van der Waals surface area contributed by atoms with E-state index in [1.54, 1.807) is 11.3 Å². The first-order valence-corrected chi connectivity index (χ1v) is 7.89. The maximum Gasteiger partial charge on any atom is 0.222 e. The van der Waals surface area contributed by atoms with Gasteiger partial charge < -0.3 is 10.4 Å². The first kappa shape index (κ1) is 15.7. The van der Waals surface area contributed by atoms with Crippen molar-refractivity contribution >= 4 is 17.2 Å². The number of hydrogen-bond acceptors (Lipinski definition) is 4. The summed E-state index contributed by atoms with van der Waals surface area (Å²) >= 11 is 1.56. The molecular weight excluding hydrogens is 284 g/mol. The molecule has 1 atom stereocenters. The van der Waals surface area contributed by atoms with E-state index in [9.17, 15) is 9.90 Å². The van der Waals surface area contributed by atoms with Crippen LogP contribution in [0.1, 0.15) is 26.0 Å². The van der Waals surface area contributed by atoms with Gasteiger partial charge in [-0.1, -0.05) is 44.2 Å². The first-order valence-electron chi connectivity index (χ1n) is 7.01. The standard InChI is InChI=1S/C16H20N2O2S/c1-11(2)14(19)8-15(20)17-9-13-10-21-16(18-13)12-6-4-3-5-7-12/h3-7,10-11,14,19H,8-9H2,1-2H3,(H,17,20). The van der Waals surface area contributed by atoms with Crippen molar-refractivity contribution in [2.24, 2.45) is 5.92 Å². The van der Waals surface area contributed by atoms with Gasteiger partial charge in [0.25, 0.3) is 0 Å². The number of amides is 1. The van der Waals surface area contributed by atoms with Crippen LogP contribution in [0.4, 0.5) is 0 Å². The fraction of sp³-hybridized carbons (Fsp3) is 0.375. The number of nitrogens with one attached hydrogen (secondary N) is 1. The molecule has 1 aromatic heterocycles. The summed E-state index contributed by atoms with van der Waals surface area (Å²) in [5.41, 5.74) is 1.92. The molecule has 0 aliphatic heterocycles. The molecule has 112 valence electrons. The highest BCUT2D eigenvalue weighted by molar-refractivity contribution is 7.13. The van der Waals surface area contributed by atoms with Crippen molar-refractivity contribution < 1.29 is 9.90 Å². The van der Waals surface area contributed by atoms with Gasteiger partial charge in [-0.2, -0.15) is 0 Å². The molecule has 2 rings (SSSR count). The average molecular weight is 304 g/mol. The van der Waals surface area contributed by atoms with Crippen molar-refractivity contribution in [2.75, 3.05) is 0 Å². The second-order valence-corrected chi connectivity index (χ2v) is 6.16. The van der Waals surface area contributed by atoms with Gasteiger partial charge in [0.05, 0.1) is 24.8 Å². The van der Waals surface area contributed by atoms with Crippen LogP contribution in [0.15, 0.2) is 35.7 Å². The zero-order valence-electron chi connectivity index (χ0n) is 12.2. The van der Waals surface area contributed by atoms with E-state index in [-0.39, 0.29) is 18.2 Å². The Morgan fingerprint density at radius 2 is 2.05 bits per heavy atom. The number of nitrogens with zero attached hydrogens (tertiary/aromatic N) is 1. The molecule has 0 fully saturated rings. The summed E-state index contributed by atoms with van der Waals surface area (Å²) in [6, 6.07) is 9.95. The SMILES string of the molecule is CC(C)C(O)CC(=O)NCc1csc(-c2ccccc2)n1. The minimum atomic E-state index is -0.597. The lowest BCUT2D eigenvalue weighted by molar-refractivity contribution is -0.123. The quantitative estimate of drug-likeness (QED) is 0.862. The van der Waals surface area contributed by atoms with Crippen LogP contribution in [-0.2, 0) is 11.3 Å². The Bertz CT molecular complexity index is 581. The Labute approximate surface area is 128 Å². The van der Waals surface area contributed by atoms with Gasteiger partial charge in [-0.3, -0.25) is 4.79 Å². The molecule has 0 saturated heterocycles. The molecule has 1 unspecified atom stereocenters. The molecule has 0 aliphatic rings. The zero-order valence-corrected chi connectivity index (χ0v) is 13.1. The minimum Gasteiger partial charge on any atom is -0.392 e. The third-order valence-corrected chi connectivity index (χ3v) is 4.14. The lowest BCUT2D eigenvalue weighted by Gasteiger charge is -2.13. The molecule has 1 heterocycles. The molecule has 4 nitrogen and oxygen atoms in total. The van der Waals surface area contributed by atoms with Gasteiger partial charge in [0.1, 0.15) is 5.01 Å². The molecule has 21 heavy (non-hydrogen) atoms. The molecule has 0 spiro atoms. The van der Waals surface area contributed by atoms with Crippen molar-refractivity contribution in [1.29, 1.82) is 0 Å². The number of carbonyl (C=O) groups is 1. The molecule has 1 amide bonds. The molecular formula is C16H20N2O2S. The Morgan fingerprint density at radius 3 is 2.71 bits per heavy atom. The summed E-state index contributed by atoms with van der Waals surface area (Å²) in [5.74, 6) is -0.0647. The maximum absolute atomic E-state index is 11.7. The monoisotopic (exact) mass is 304 g/mol. The highest BCUT2D eigenvalue weighted by Crippen LogP contribution is 2.23. The third kappa shape index (κ3) is 4.65. The zero-order chi connectivity index (χ0) is 15.2. The van der Waals surface area contributed by atoms with Crippen molar-refractivity contribution in [1.82, 2.24) is 10.3 Å². The molecule has 2 aromatic rings. The van der Waals surface area contributed by atoms with Gasteiger partial charge in [0.2, 0.25) is 5.91 Å². The average Bonchev–Trinajstić information content (AvgIpc) is 2.95. The Hall–Kier alpha value is -1.72. The summed E-state index contributed by atoms with van der Waals surface area (Å²) in [5, 5.41) is 15.4. The molecule has 1 aromatic carbocycles. The minimum absolute atomic E-state index is 0.0831. The molecule has 2 N–H and O–H groups in total. The van der Waals surface area contributed by atoms with Gasteiger partial charge >= 0.3 is 0 Å². The molecule has 0 aliphatic carbocycles. The van der Waals surface area contributed by atoms with E-state index in [0.717, 1.165) is 16.3 Å². The summed E-state index contributed by atoms with van der Waals surface area (Å²) in [6.45, 7) is 4.18. The number of aliphatic hydroxyl groups excluding tert-OH is 1. The maximum atomic E-state index is 11.7. The van der Waals surface area contributed by atoms with Crippen LogP contribution in [0.2, 0.25) is 0 Å². The fourth-order valence-corrected chi connectivity index (χ4v) is 2.61. The van der Waals surface area contributed by atoms with Crippen LogP contribution in [-0.4, -0.2) is 22.1 Å². The van der Waals surface area contributed by atoms with E-state index < -0.39 is 6.10 Å². The number of aliphatic hydroxyl groups is 1. The second kappa shape index (κ2) is 7.33. The predicted octanol–water partition coefficient (Wildman–Crippen LogP) is 2.83. The van der Waals surface area contributed by atoms with Crippen molar-refractivity contribution in [3.05, 3.63) is 41.4 Å². The Balaban J connectivity index is 1.87. The lowest BCUT2D eigenvalue weighted by Crippen LogP contribution is -2.29. The van der Waals surface area contributed by atoms with Gasteiger partial charge in [-0.25, -0.2) is 4.98 Å². The summed E-state index contributed by atoms with van der Waals surface area (Å²) in [6.07, 6.45) is -0.465. The lowest BCUT2D eigenvalue weighted by atomic mass is 10.0. The van der Waals surface area contributed by atoms with Crippen LogP contribution in [0.3, 0.4) is 0 Å². The van der Waals surface area contributed by atoms with E-state index in [2.05, 4.69) is 10.3 Å². The third-order valence-electron chi connectivity index (χ3n) is 3.20. The predicted molar refractivity (Wildman–Crippen MR) is 84.9 cm³/mol. The van der Waals surface area contributed by atoms with Crippen LogP contribution >= 0.6 is 11.3 Å². The van der Waals surface area contributed by atoms with Gasteiger partial charge in [0.15, 0.2) is 0 Å². The largest absolute Gasteiger partial charge is 0.392 e. The van der Waals surface area contributed by atoms with E-state index in [0.29, 0.717) is 6.54 Å². The number of thiazole rings is 1. The van der Waals surface area contributed by atoms with E-state index >= 15 is 0 Å². The highest BCUT2D eigenvalue weighted by atomic mass is 32.1. The smallest absolute Gasteiger partial charge is 0.222 e. The topological polar surface area (TPSA) is 62.2 Å². The number of hydrogen-bond donors (Lipinski definition) is 2. The van der Waals surface area contributed by atoms with Crippen LogP contribution in [0.5, 0.6) is 0 Å². The van der Waals surface area contributed by atoms with E-state index in [4.69, 9.17) is 0 Å². The van der Waals surface area contributed by atoms with E-state index in [1.807, 2.05) is 49.6 Å². The first-order chi connectivity index (χ1) is 10.1. The van der Waals surface area contributed by atoms with Crippen molar-refractivity contribution in [3.63, 3.8) is 0 Å². The highest BCUT2D eigenvalue weighted by Gasteiger charge is 2.14. The van der Waals surface area contributed by atoms with E-state index in [1.165, 1.54) is 0 Å². The summed E-state index contributed by atoms with van der Waals surface area (Å²) in [4.78, 5) is 16.2. The van der Waals surface area contributed by atoms with Crippen molar-refractivity contribution in [2.45, 2.75) is 32.9 Å². The normalized spacial score (nSPS) is 12.4. The number of benzene rings is 1. The van der Waals surface area contributed by atoms with Crippen LogP contribution in [0.25, 0.3) is 10.6 Å². The van der Waals surface area contributed by atoms with Crippen molar-refractivity contribution in [3.8, 4) is 10.6 Å². The number of aromatic nitrogens is 1. The fourth-order valence-electron chi connectivity index (χ4n) is 1.79. The van der Waals surface area contributed by atoms with Gasteiger partial charge in [-0.15, -0.1) is 11.3 Å². The summed E-state index contributed by atoms with van der Waals surface area (Å²) < 4.78 is 0. The molecule has 0 radical (unpaired) electrons. The molecule has 5 heteroatoms.